The molecule has 0 saturated heterocycles. The molecule has 0 radical (unpaired) electrons. The van der Waals surface area contributed by atoms with Gasteiger partial charge in [-0.15, -0.1) is 11.3 Å². The van der Waals surface area contributed by atoms with Gasteiger partial charge in [0, 0.05) is 36.5 Å². The summed E-state index contributed by atoms with van der Waals surface area (Å²) in [5, 5.41) is 10.8. The van der Waals surface area contributed by atoms with Gasteiger partial charge in [-0.1, -0.05) is 26.0 Å². The summed E-state index contributed by atoms with van der Waals surface area (Å²) in [5.74, 6) is 1.17. The molecule has 0 atom stereocenters. The van der Waals surface area contributed by atoms with Crippen LogP contribution in [0, 0.1) is 19.8 Å². The van der Waals surface area contributed by atoms with Crippen molar-refractivity contribution in [1.29, 1.82) is 0 Å². The molecular weight excluding hydrogens is 382 g/mol. The van der Waals surface area contributed by atoms with Gasteiger partial charge >= 0.3 is 0 Å². The van der Waals surface area contributed by atoms with Crippen LogP contribution in [0.4, 0.5) is 5.69 Å². The Labute approximate surface area is 178 Å². The average Bonchev–Trinajstić information content (AvgIpc) is 2.97. The van der Waals surface area contributed by atoms with E-state index in [2.05, 4.69) is 39.8 Å². The molecule has 1 amide bonds. The Morgan fingerprint density at radius 1 is 1.24 bits per heavy atom. The third-order valence-electron chi connectivity index (χ3n) is 4.27. The van der Waals surface area contributed by atoms with Crippen molar-refractivity contribution in [2.45, 2.75) is 54.0 Å². The lowest BCUT2D eigenvalue weighted by atomic mass is 10.1. The number of hydrogen-bond acceptors (Lipinski definition) is 4. The minimum Gasteiger partial charge on any atom is -0.357 e. The molecule has 0 saturated carbocycles. The Hall–Kier alpha value is -2.41. The number of aliphatic imine (C=N–C) groups is 1. The molecule has 7 heteroatoms. The van der Waals surface area contributed by atoms with E-state index in [1.807, 2.05) is 45.0 Å². The van der Waals surface area contributed by atoms with Gasteiger partial charge in [0.05, 0.1) is 17.2 Å². The molecule has 2 aromatic rings. The van der Waals surface area contributed by atoms with Gasteiger partial charge in [0.1, 0.15) is 0 Å². The Bertz CT molecular complexity index is 809. The fourth-order valence-electron chi connectivity index (χ4n) is 2.78. The van der Waals surface area contributed by atoms with Crippen LogP contribution in [0.25, 0.3) is 0 Å². The van der Waals surface area contributed by atoms with Gasteiger partial charge in [-0.3, -0.25) is 4.79 Å². The Morgan fingerprint density at radius 3 is 2.69 bits per heavy atom. The molecule has 0 aliphatic carbocycles. The van der Waals surface area contributed by atoms with E-state index >= 15 is 0 Å². The molecule has 29 heavy (non-hydrogen) atoms. The zero-order valence-corrected chi connectivity index (χ0v) is 18.9. The lowest BCUT2D eigenvalue weighted by Gasteiger charge is -2.11. The van der Waals surface area contributed by atoms with Gasteiger partial charge in [-0.25, -0.2) is 9.98 Å². The quantitative estimate of drug-likeness (QED) is 0.427. The molecule has 158 valence electrons. The number of thiazole rings is 1. The number of nitrogens with one attached hydrogen (secondary N) is 3. The monoisotopic (exact) mass is 415 g/mol. The SMILES string of the molecule is CCNC(=NCc1cccc(NC(=O)CC(C)C)c1)NCCc1nc(C)c(C)s1. The molecule has 0 spiro atoms. The lowest BCUT2D eigenvalue weighted by Crippen LogP contribution is -2.38. The maximum absolute atomic E-state index is 12.0. The number of nitrogens with zero attached hydrogens (tertiary/aromatic N) is 2. The molecule has 1 aromatic carbocycles. The normalized spacial score (nSPS) is 11.6. The smallest absolute Gasteiger partial charge is 0.224 e. The van der Waals surface area contributed by atoms with Crippen molar-refractivity contribution in [3.05, 3.63) is 45.4 Å². The van der Waals surface area contributed by atoms with E-state index in [9.17, 15) is 4.79 Å². The number of rotatable bonds is 9. The molecule has 2 rings (SSSR count). The first-order valence-electron chi connectivity index (χ1n) is 10.2. The van der Waals surface area contributed by atoms with Gasteiger partial charge in [0.15, 0.2) is 5.96 Å². The highest BCUT2D eigenvalue weighted by molar-refractivity contribution is 7.11. The zero-order chi connectivity index (χ0) is 21.2. The fraction of sp³-hybridized carbons (Fsp3) is 0.500. The second kappa shape index (κ2) is 11.6. The second-order valence-electron chi connectivity index (χ2n) is 7.47. The van der Waals surface area contributed by atoms with E-state index in [0.717, 1.165) is 47.4 Å². The summed E-state index contributed by atoms with van der Waals surface area (Å²) in [5.41, 5.74) is 2.98. The molecule has 1 aromatic heterocycles. The van der Waals surface area contributed by atoms with E-state index in [4.69, 9.17) is 0 Å². The Balaban J connectivity index is 1.91. The van der Waals surface area contributed by atoms with Gasteiger partial charge < -0.3 is 16.0 Å². The molecule has 0 aliphatic heterocycles. The maximum atomic E-state index is 12.0. The fourth-order valence-corrected chi connectivity index (χ4v) is 3.71. The van der Waals surface area contributed by atoms with Crippen molar-refractivity contribution in [1.82, 2.24) is 15.6 Å². The second-order valence-corrected chi connectivity index (χ2v) is 8.76. The summed E-state index contributed by atoms with van der Waals surface area (Å²) in [7, 11) is 0. The van der Waals surface area contributed by atoms with Crippen LogP contribution in [0.3, 0.4) is 0 Å². The molecule has 3 N–H and O–H groups in total. The third-order valence-corrected chi connectivity index (χ3v) is 5.41. The van der Waals surface area contributed by atoms with Crippen molar-refractivity contribution in [3.63, 3.8) is 0 Å². The average molecular weight is 416 g/mol. The summed E-state index contributed by atoms with van der Waals surface area (Å²) in [6, 6.07) is 7.86. The van der Waals surface area contributed by atoms with Crippen molar-refractivity contribution in [2.24, 2.45) is 10.9 Å². The summed E-state index contributed by atoms with van der Waals surface area (Å²) >= 11 is 1.75. The molecule has 0 aliphatic rings. The van der Waals surface area contributed by atoms with Gasteiger partial charge in [0.25, 0.3) is 0 Å². The minimum absolute atomic E-state index is 0.0447. The Morgan fingerprint density at radius 2 is 2.03 bits per heavy atom. The van der Waals surface area contributed by atoms with Crippen molar-refractivity contribution >= 4 is 28.9 Å². The van der Waals surface area contributed by atoms with E-state index in [0.29, 0.717) is 18.9 Å². The van der Waals surface area contributed by atoms with E-state index in [1.54, 1.807) is 11.3 Å². The van der Waals surface area contributed by atoms with Crippen LogP contribution < -0.4 is 16.0 Å². The molecule has 0 fully saturated rings. The van der Waals surface area contributed by atoms with Crippen LogP contribution in [-0.4, -0.2) is 29.9 Å². The molecule has 1 heterocycles. The first kappa shape index (κ1) is 22.9. The zero-order valence-electron chi connectivity index (χ0n) is 18.1. The van der Waals surface area contributed by atoms with Gasteiger partial charge in [-0.2, -0.15) is 0 Å². The summed E-state index contributed by atoms with van der Waals surface area (Å²) in [6.07, 6.45) is 1.40. The van der Waals surface area contributed by atoms with Crippen LogP contribution in [0.15, 0.2) is 29.3 Å². The predicted molar refractivity (Wildman–Crippen MR) is 123 cm³/mol. The summed E-state index contributed by atoms with van der Waals surface area (Å²) < 4.78 is 0. The maximum Gasteiger partial charge on any atom is 0.224 e. The van der Waals surface area contributed by atoms with Crippen molar-refractivity contribution < 1.29 is 4.79 Å². The molecular formula is C22H33N5OS. The number of anilines is 1. The highest BCUT2D eigenvalue weighted by Gasteiger charge is 2.06. The number of aryl methyl sites for hydroxylation is 2. The number of benzene rings is 1. The number of amides is 1. The van der Waals surface area contributed by atoms with Crippen LogP contribution in [0.1, 0.15) is 48.3 Å². The Kier molecular flexibility index (Phi) is 9.12. The summed E-state index contributed by atoms with van der Waals surface area (Å²) in [4.78, 5) is 22.5. The van der Waals surface area contributed by atoms with Crippen LogP contribution in [0.2, 0.25) is 0 Å². The van der Waals surface area contributed by atoms with Crippen molar-refractivity contribution in [2.75, 3.05) is 18.4 Å². The highest BCUT2D eigenvalue weighted by atomic mass is 32.1. The van der Waals surface area contributed by atoms with Crippen LogP contribution in [-0.2, 0) is 17.8 Å². The van der Waals surface area contributed by atoms with Gasteiger partial charge in [-0.05, 0) is 44.4 Å². The number of hydrogen-bond donors (Lipinski definition) is 3. The minimum atomic E-state index is 0.0447. The highest BCUT2D eigenvalue weighted by Crippen LogP contribution is 2.16. The number of carbonyl (C=O) groups excluding carboxylic acids is 1. The van der Waals surface area contributed by atoms with E-state index in [-0.39, 0.29) is 5.91 Å². The predicted octanol–water partition coefficient (Wildman–Crippen LogP) is 4.04. The van der Waals surface area contributed by atoms with E-state index < -0.39 is 0 Å². The topological polar surface area (TPSA) is 78.4 Å². The first-order valence-corrected chi connectivity index (χ1v) is 11.0. The van der Waals surface area contributed by atoms with E-state index in [1.165, 1.54) is 4.88 Å². The lowest BCUT2D eigenvalue weighted by molar-refractivity contribution is -0.116. The standard InChI is InChI=1S/C22H33N5OS/c1-6-23-22(24-11-10-21-26-16(4)17(5)29-21)25-14-18-8-7-9-19(13-18)27-20(28)12-15(2)3/h7-9,13,15H,6,10-12,14H2,1-5H3,(H,27,28)(H2,23,24,25). The summed E-state index contributed by atoms with van der Waals surface area (Å²) in [6.45, 7) is 12.4. The third kappa shape index (κ3) is 8.23. The number of aromatic nitrogens is 1. The number of guanidine groups is 1. The van der Waals surface area contributed by atoms with Crippen molar-refractivity contribution in [3.8, 4) is 0 Å². The molecule has 0 unspecified atom stereocenters. The van der Waals surface area contributed by atoms with Crippen LogP contribution in [0.5, 0.6) is 0 Å². The van der Waals surface area contributed by atoms with Crippen LogP contribution >= 0.6 is 11.3 Å². The first-order chi connectivity index (χ1) is 13.9. The largest absolute Gasteiger partial charge is 0.357 e. The number of carbonyl (C=O) groups is 1. The molecule has 0 bridgehead atoms. The molecule has 6 nitrogen and oxygen atoms in total. The van der Waals surface area contributed by atoms with Gasteiger partial charge in [0.2, 0.25) is 5.91 Å².